The molecule has 0 aromatic heterocycles. The Morgan fingerprint density at radius 2 is 0.690 bits per heavy atom. The van der Waals surface area contributed by atoms with E-state index in [1.807, 2.05) is 30.3 Å². The summed E-state index contributed by atoms with van der Waals surface area (Å²) in [5, 5.41) is 0. The number of rotatable bonds is 8. The Hall–Kier alpha value is -5.41. The Morgan fingerprint density at radius 3 is 1.05 bits per heavy atom. The summed E-state index contributed by atoms with van der Waals surface area (Å²) in [6.07, 6.45) is 0.875. The van der Waals surface area contributed by atoms with Crippen molar-refractivity contribution < 1.29 is 4.79 Å². The second-order valence-corrected chi connectivity index (χ2v) is 10.5. The van der Waals surface area contributed by atoms with Crippen molar-refractivity contribution in [3.63, 3.8) is 0 Å². The molecule has 0 N–H and O–H groups in total. The molecule has 0 heterocycles. The van der Waals surface area contributed by atoms with Gasteiger partial charge in [-0.2, -0.15) is 0 Å². The van der Waals surface area contributed by atoms with Gasteiger partial charge in [-0.3, -0.25) is 4.79 Å². The summed E-state index contributed by atoms with van der Waals surface area (Å²) in [5.74, 6) is 0. The summed E-state index contributed by atoms with van der Waals surface area (Å²) in [7, 11) is 0. The molecule has 3 heteroatoms. The van der Waals surface area contributed by atoms with Crippen LogP contribution in [0.15, 0.2) is 152 Å². The van der Waals surface area contributed by atoms with Crippen LogP contribution in [0.1, 0.15) is 21.5 Å². The maximum absolute atomic E-state index is 11.2. The van der Waals surface area contributed by atoms with E-state index in [1.165, 1.54) is 11.1 Å². The lowest BCUT2D eigenvalue weighted by atomic mass is 10.0. The van der Waals surface area contributed by atoms with E-state index >= 15 is 0 Å². The van der Waals surface area contributed by atoms with E-state index in [-0.39, 0.29) is 0 Å². The number of para-hydroxylation sites is 1. The van der Waals surface area contributed by atoms with E-state index in [9.17, 15) is 4.79 Å². The minimum atomic E-state index is 0.662. The first-order valence-corrected chi connectivity index (χ1v) is 14.1. The van der Waals surface area contributed by atoms with Crippen LogP contribution in [0.4, 0.5) is 34.1 Å². The molecule has 6 aromatic carbocycles. The molecular formula is C39H32N2O. The Kier molecular flexibility index (Phi) is 7.65. The molecule has 204 valence electrons. The number of hydrogen-bond acceptors (Lipinski definition) is 3. The molecule has 0 aliphatic heterocycles. The fourth-order valence-electron chi connectivity index (χ4n) is 5.17. The van der Waals surface area contributed by atoms with Gasteiger partial charge in [-0.1, -0.05) is 77.9 Å². The number of aryl methyl sites for hydroxylation is 2. The summed E-state index contributed by atoms with van der Waals surface area (Å²) < 4.78 is 0. The van der Waals surface area contributed by atoms with Gasteiger partial charge in [0.15, 0.2) is 0 Å². The third-order valence-corrected chi connectivity index (χ3v) is 7.47. The molecule has 0 saturated carbocycles. The number of carbonyl (C=O) groups excluding carboxylic acids is 1. The number of aldehydes is 1. The number of nitrogens with zero attached hydrogens (tertiary/aromatic N) is 2. The lowest BCUT2D eigenvalue weighted by Gasteiger charge is -2.26. The number of carbonyl (C=O) groups is 1. The Balaban J connectivity index is 1.31. The first-order chi connectivity index (χ1) is 20.6. The molecule has 0 saturated heterocycles. The molecule has 0 atom stereocenters. The Morgan fingerprint density at radius 1 is 0.381 bits per heavy atom. The van der Waals surface area contributed by atoms with E-state index < -0.39 is 0 Å². The first kappa shape index (κ1) is 26.8. The van der Waals surface area contributed by atoms with Gasteiger partial charge >= 0.3 is 0 Å². The van der Waals surface area contributed by atoms with Crippen molar-refractivity contribution in [3.05, 3.63) is 168 Å². The minimum Gasteiger partial charge on any atom is -0.311 e. The van der Waals surface area contributed by atoms with Crippen LogP contribution in [0.25, 0.3) is 11.1 Å². The highest BCUT2D eigenvalue weighted by atomic mass is 16.1. The van der Waals surface area contributed by atoms with Gasteiger partial charge in [0, 0.05) is 39.7 Å². The largest absolute Gasteiger partial charge is 0.311 e. The van der Waals surface area contributed by atoms with Crippen LogP contribution in [-0.4, -0.2) is 6.29 Å². The summed E-state index contributed by atoms with van der Waals surface area (Å²) in [6.45, 7) is 4.20. The van der Waals surface area contributed by atoms with E-state index in [2.05, 4.69) is 145 Å². The van der Waals surface area contributed by atoms with Crippen molar-refractivity contribution in [1.82, 2.24) is 0 Å². The SMILES string of the molecule is Cc1ccc(N(c2ccccc2)c2ccc(-c3ccc(N(c4ccc(C)cc4)c4ccc(C=O)cc4)cc3)cc2)cc1. The summed E-state index contributed by atoms with van der Waals surface area (Å²) in [4.78, 5) is 15.7. The molecule has 6 rings (SSSR count). The number of anilines is 6. The molecule has 0 radical (unpaired) electrons. The maximum atomic E-state index is 11.2. The average Bonchev–Trinajstić information content (AvgIpc) is 3.05. The molecule has 6 aromatic rings. The molecule has 0 aliphatic carbocycles. The molecule has 0 amide bonds. The van der Waals surface area contributed by atoms with Crippen LogP contribution >= 0.6 is 0 Å². The van der Waals surface area contributed by atoms with E-state index in [4.69, 9.17) is 0 Å². The van der Waals surface area contributed by atoms with Crippen LogP contribution in [0.3, 0.4) is 0 Å². The van der Waals surface area contributed by atoms with Crippen LogP contribution in [-0.2, 0) is 0 Å². The zero-order valence-corrected chi connectivity index (χ0v) is 23.8. The van der Waals surface area contributed by atoms with Gasteiger partial charge in [-0.15, -0.1) is 0 Å². The van der Waals surface area contributed by atoms with Crippen molar-refractivity contribution >= 4 is 40.4 Å². The highest BCUT2D eigenvalue weighted by Gasteiger charge is 2.14. The van der Waals surface area contributed by atoms with Gasteiger partial charge in [0.1, 0.15) is 6.29 Å². The molecule has 0 unspecified atom stereocenters. The van der Waals surface area contributed by atoms with Crippen molar-refractivity contribution in [2.45, 2.75) is 13.8 Å². The number of hydrogen-bond donors (Lipinski definition) is 0. The minimum absolute atomic E-state index is 0.662. The molecule has 0 spiro atoms. The third kappa shape index (κ3) is 5.72. The second-order valence-electron chi connectivity index (χ2n) is 10.5. The summed E-state index contributed by atoms with van der Waals surface area (Å²) in [5.41, 5.74) is 11.9. The van der Waals surface area contributed by atoms with Crippen LogP contribution < -0.4 is 9.80 Å². The summed E-state index contributed by atoms with van der Waals surface area (Å²) in [6, 6.07) is 52.7. The zero-order chi connectivity index (χ0) is 28.9. The Bertz CT molecular complexity index is 1760. The zero-order valence-electron chi connectivity index (χ0n) is 23.8. The predicted octanol–water partition coefficient (Wildman–Crippen LogP) is 10.7. The fourth-order valence-corrected chi connectivity index (χ4v) is 5.17. The normalized spacial score (nSPS) is 10.7. The second kappa shape index (κ2) is 12.0. The quantitative estimate of drug-likeness (QED) is 0.178. The van der Waals surface area contributed by atoms with Gasteiger partial charge < -0.3 is 9.80 Å². The van der Waals surface area contributed by atoms with Crippen LogP contribution in [0.2, 0.25) is 0 Å². The highest BCUT2D eigenvalue weighted by molar-refractivity contribution is 5.82. The van der Waals surface area contributed by atoms with Crippen molar-refractivity contribution in [2.75, 3.05) is 9.80 Å². The van der Waals surface area contributed by atoms with E-state index in [0.717, 1.165) is 51.5 Å². The summed E-state index contributed by atoms with van der Waals surface area (Å²) >= 11 is 0. The lowest BCUT2D eigenvalue weighted by molar-refractivity contribution is 0.112. The number of benzene rings is 6. The van der Waals surface area contributed by atoms with Crippen molar-refractivity contribution in [3.8, 4) is 11.1 Å². The third-order valence-electron chi connectivity index (χ3n) is 7.47. The maximum Gasteiger partial charge on any atom is 0.150 e. The average molecular weight is 545 g/mol. The molecule has 0 aliphatic rings. The molecular weight excluding hydrogens is 512 g/mol. The smallest absolute Gasteiger partial charge is 0.150 e. The van der Waals surface area contributed by atoms with Crippen LogP contribution in [0.5, 0.6) is 0 Å². The highest BCUT2D eigenvalue weighted by Crippen LogP contribution is 2.38. The molecule has 0 bridgehead atoms. The van der Waals surface area contributed by atoms with Crippen LogP contribution in [0, 0.1) is 13.8 Å². The molecule has 42 heavy (non-hydrogen) atoms. The lowest BCUT2D eigenvalue weighted by Crippen LogP contribution is -2.10. The van der Waals surface area contributed by atoms with Gasteiger partial charge in [-0.05, 0) is 110 Å². The monoisotopic (exact) mass is 544 g/mol. The van der Waals surface area contributed by atoms with Gasteiger partial charge in [0.25, 0.3) is 0 Å². The van der Waals surface area contributed by atoms with E-state index in [0.29, 0.717) is 5.56 Å². The standard InChI is InChI=1S/C39H32N2O/c1-29-8-18-35(19-9-29)40(34-6-4-3-5-7-34)38-24-14-32(15-25-38)33-16-26-39(27-17-33)41(36-20-10-30(2)11-21-36)37-22-12-31(28-42)13-23-37/h3-28H,1-2H3. The van der Waals surface area contributed by atoms with Gasteiger partial charge in [-0.25, -0.2) is 0 Å². The predicted molar refractivity (Wildman–Crippen MR) is 176 cm³/mol. The van der Waals surface area contributed by atoms with Gasteiger partial charge in [0.2, 0.25) is 0 Å². The first-order valence-electron chi connectivity index (χ1n) is 14.1. The van der Waals surface area contributed by atoms with Crippen molar-refractivity contribution in [1.29, 1.82) is 0 Å². The fraction of sp³-hybridized carbons (Fsp3) is 0.0513. The van der Waals surface area contributed by atoms with E-state index in [1.54, 1.807) is 0 Å². The topological polar surface area (TPSA) is 23.6 Å². The van der Waals surface area contributed by atoms with Gasteiger partial charge in [0.05, 0.1) is 0 Å². The molecule has 3 nitrogen and oxygen atoms in total. The molecule has 0 fully saturated rings. The Labute approximate surface area is 247 Å². The van der Waals surface area contributed by atoms with Crippen molar-refractivity contribution in [2.24, 2.45) is 0 Å².